The molecule has 1 nitrogen and oxygen atoms in total. The van der Waals surface area contributed by atoms with Crippen molar-refractivity contribution in [3.05, 3.63) is 70.2 Å². The van der Waals surface area contributed by atoms with Crippen LogP contribution in [0.25, 0.3) is 0 Å². The third-order valence-corrected chi connectivity index (χ3v) is 3.43. The van der Waals surface area contributed by atoms with Gasteiger partial charge in [0.15, 0.2) is 0 Å². The SMILES string of the molecule is Cc1ccc(CCC(O)c2ccccc2)c(Cl)c1. The summed E-state index contributed by atoms with van der Waals surface area (Å²) < 4.78 is 0. The van der Waals surface area contributed by atoms with E-state index in [0.717, 1.165) is 28.1 Å². The maximum atomic E-state index is 10.1. The van der Waals surface area contributed by atoms with Crippen LogP contribution in [0, 0.1) is 6.92 Å². The Morgan fingerprint density at radius 3 is 2.50 bits per heavy atom. The lowest BCUT2D eigenvalue weighted by atomic mass is 10.0. The van der Waals surface area contributed by atoms with Gasteiger partial charge in [0, 0.05) is 5.02 Å². The van der Waals surface area contributed by atoms with Crippen molar-refractivity contribution in [2.75, 3.05) is 0 Å². The van der Waals surface area contributed by atoms with Gasteiger partial charge < -0.3 is 5.11 Å². The van der Waals surface area contributed by atoms with E-state index >= 15 is 0 Å². The summed E-state index contributed by atoms with van der Waals surface area (Å²) in [6.07, 6.45) is 1.05. The van der Waals surface area contributed by atoms with E-state index in [2.05, 4.69) is 6.07 Å². The fourth-order valence-corrected chi connectivity index (χ4v) is 2.32. The molecule has 0 aliphatic heterocycles. The number of halogens is 1. The quantitative estimate of drug-likeness (QED) is 0.868. The molecule has 1 unspecified atom stereocenters. The maximum absolute atomic E-state index is 10.1. The molecule has 2 heteroatoms. The predicted octanol–water partition coefficient (Wildman–Crippen LogP) is 4.31. The second-order valence-corrected chi connectivity index (χ2v) is 4.97. The molecule has 2 rings (SSSR count). The molecule has 0 aliphatic rings. The van der Waals surface area contributed by atoms with Crippen LogP contribution in [-0.2, 0) is 6.42 Å². The molecule has 0 radical (unpaired) electrons. The molecule has 0 amide bonds. The largest absolute Gasteiger partial charge is 0.388 e. The highest BCUT2D eigenvalue weighted by Crippen LogP contribution is 2.23. The highest BCUT2D eigenvalue weighted by atomic mass is 35.5. The normalized spacial score (nSPS) is 12.4. The van der Waals surface area contributed by atoms with E-state index < -0.39 is 6.10 Å². The molecule has 0 saturated heterocycles. The lowest BCUT2D eigenvalue weighted by molar-refractivity contribution is 0.168. The number of rotatable bonds is 4. The minimum Gasteiger partial charge on any atom is -0.388 e. The van der Waals surface area contributed by atoms with Crippen LogP contribution in [0.4, 0.5) is 0 Å². The van der Waals surface area contributed by atoms with Gasteiger partial charge in [-0.15, -0.1) is 0 Å². The van der Waals surface area contributed by atoms with Gasteiger partial charge in [-0.25, -0.2) is 0 Å². The van der Waals surface area contributed by atoms with Crippen LogP contribution in [0.1, 0.15) is 29.2 Å². The smallest absolute Gasteiger partial charge is 0.0793 e. The molecule has 0 aliphatic carbocycles. The molecular formula is C16H17ClO. The zero-order chi connectivity index (χ0) is 13.0. The van der Waals surface area contributed by atoms with Crippen LogP contribution in [0.5, 0.6) is 0 Å². The summed E-state index contributed by atoms with van der Waals surface area (Å²) in [7, 11) is 0. The van der Waals surface area contributed by atoms with Crippen molar-refractivity contribution < 1.29 is 5.11 Å². The van der Waals surface area contributed by atoms with Gasteiger partial charge in [0.05, 0.1) is 6.10 Å². The van der Waals surface area contributed by atoms with Gasteiger partial charge in [-0.1, -0.05) is 54.1 Å². The molecule has 0 bridgehead atoms. The van der Waals surface area contributed by atoms with Gasteiger partial charge in [-0.2, -0.15) is 0 Å². The fourth-order valence-electron chi connectivity index (χ4n) is 1.99. The van der Waals surface area contributed by atoms with E-state index in [1.807, 2.05) is 49.4 Å². The fraction of sp³-hybridized carbons (Fsp3) is 0.250. The molecule has 1 N–H and O–H groups in total. The summed E-state index contributed by atoms with van der Waals surface area (Å²) in [5.41, 5.74) is 3.21. The topological polar surface area (TPSA) is 20.2 Å². The maximum Gasteiger partial charge on any atom is 0.0793 e. The van der Waals surface area contributed by atoms with Crippen molar-refractivity contribution in [2.24, 2.45) is 0 Å². The molecule has 94 valence electrons. The average Bonchev–Trinajstić information content (AvgIpc) is 2.38. The van der Waals surface area contributed by atoms with Gasteiger partial charge in [0.1, 0.15) is 0 Å². The summed E-state index contributed by atoms with van der Waals surface area (Å²) >= 11 is 6.18. The van der Waals surface area contributed by atoms with E-state index in [1.165, 1.54) is 0 Å². The van der Waals surface area contributed by atoms with Gasteiger partial charge in [-0.05, 0) is 42.5 Å². The molecule has 0 aromatic heterocycles. The zero-order valence-electron chi connectivity index (χ0n) is 10.4. The van der Waals surface area contributed by atoms with Crippen LogP contribution in [0.3, 0.4) is 0 Å². The van der Waals surface area contributed by atoms with Crippen molar-refractivity contribution in [1.82, 2.24) is 0 Å². The number of aliphatic hydroxyl groups excluding tert-OH is 1. The third kappa shape index (κ3) is 3.34. The number of benzene rings is 2. The van der Waals surface area contributed by atoms with Crippen molar-refractivity contribution in [3.8, 4) is 0 Å². The minimum atomic E-state index is -0.427. The van der Waals surface area contributed by atoms with Crippen LogP contribution in [0.15, 0.2) is 48.5 Å². The van der Waals surface area contributed by atoms with Crippen molar-refractivity contribution in [3.63, 3.8) is 0 Å². The van der Waals surface area contributed by atoms with Crippen molar-refractivity contribution >= 4 is 11.6 Å². The van der Waals surface area contributed by atoms with Gasteiger partial charge in [0.25, 0.3) is 0 Å². The second-order valence-electron chi connectivity index (χ2n) is 4.56. The van der Waals surface area contributed by atoms with Gasteiger partial charge in [0.2, 0.25) is 0 Å². The molecule has 2 aromatic carbocycles. The van der Waals surface area contributed by atoms with E-state index in [9.17, 15) is 5.11 Å². The third-order valence-electron chi connectivity index (χ3n) is 3.08. The number of hydrogen-bond acceptors (Lipinski definition) is 1. The van der Waals surface area contributed by atoms with Crippen LogP contribution in [0.2, 0.25) is 5.02 Å². The molecule has 2 aromatic rings. The van der Waals surface area contributed by atoms with E-state index in [1.54, 1.807) is 0 Å². The van der Waals surface area contributed by atoms with Gasteiger partial charge in [-0.3, -0.25) is 0 Å². The Balaban J connectivity index is 1.99. The predicted molar refractivity (Wildman–Crippen MR) is 75.9 cm³/mol. The minimum absolute atomic E-state index is 0.427. The molecule has 18 heavy (non-hydrogen) atoms. The Morgan fingerprint density at radius 1 is 1.11 bits per heavy atom. The van der Waals surface area contributed by atoms with Gasteiger partial charge >= 0.3 is 0 Å². The first kappa shape index (κ1) is 13.1. The van der Waals surface area contributed by atoms with Crippen LogP contribution in [-0.4, -0.2) is 5.11 Å². The molecule has 0 fully saturated rings. The Bertz CT molecular complexity index is 508. The average molecular weight is 261 g/mol. The number of aryl methyl sites for hydroxylation is 2. The Morgan fingerprint density at radius 2 is 1.83 bits per heavy atom. The van der Waals surface area contributed by atoms with Crippen LogP contribution < -0.4 is 0 Å². The molecule has 0 heterocycles. The highest BCUT2D eigenvalue weighted by molar-refractivity contribution is 6.31. The Kier molecular flexibility index (Phi) is 4.40. The summed E-state index contributed by atoms with van der Waals surface area (Å²) in [5, 5.41) is 10.9. The number of aliphatic hydroxyl groups is 1. The second kappa shape index (κ2) is 6.03. The summed E-state index contributed by atoms with van der Waals surface area (Å²) in [6.45, 7) is 2.02. The van der Waals surface area contributed by atoms with Crippen molar-refractivity contribution in [1.29, 1.82) is 0 Å². The molecular weight excluding hydrogens is 244 g/mol. The van der Waals surface area contributed by atoms with Crippen LogP contribution >= 0.6 is 11.6 Å². The Hall–Kier alpha value is -1.31. The zero-order valence-corrected chi connectivity index (χ0v) is 11.2. The summed E-state index contributed by atoms with van der Waals surface area (Å²) in [5.74, 6) is 0. The van der Waals surface area contributed by atoms with E-state index in [0.29, 0.717) is 6.42 Å². The monoisotopic (exact) mass is 260 g/mol. The lowest BCUT2D eigenvalue weighted by Gasteiger charge is -2.11. The number of hydrogen-bond donors (Lipinski definition) is 1. The highest BCUT2D eigenvalue weighted by Gasteiger charge is 2.08. The summed E-state index contributed by atoms with van der Waals surface area (Å²) in [4.78, 5) is 0. The first-order chi connectivity index (χ1) is 8.66. The molecule has 1 atom stereocenters. The van der Waals surface area contributed by atoms with Crippen molar-refractivity contribution in [2.45, 2.75) is 25.9 Å². The van der Waals surface area contributed by atoms with E-state index in [4.69, 9.17) is 11.6 Å². The van der Waals surface area contributed by atoms with E-state index in [-0.39, 0.29) is 0 Å². The standard InChI is InChI=1S/C16H17ClO/c1-12-7-8-13(15(17)11-12)9-10-16(18)14-5-3-2-4-6-14/h2-8,11,16,18H,9-10H2,1H3. The Labute approximate surface area is 113 Å². The first-order valence-corrected chi connectivity index (χ1v) is 6.52. The first-order valence-electron chi connectivity index (χ1n) is 6.15. The molecule has 0 saturated carbocycles. The molecule has 0 spiro atoms. The lowest BCUT2D eigenvalue weighted by Crippen LogP contribution is -1.99. The summed E-state index contributed by atoms with van der Waals surface area (Å²) in [6, 6.07) is 15.8.